The van der Waals surface area contributed by atoms with Crippen LogP contribution in [0, 0.1) is 0 Å². The molecule has 3 rings (SSSR count). The number of para-hydroxylation sites is 1. The van der Waals surface area contributed by atoms with Gasteiger partial charge in [0.15, 0.2) is 0 Å². The van der Waals surface area contributed by atoms with E-state index in [-0.39, 0.29) is 11.7 Å². The molecule has 108 valence electrons. The summed E-state index contributed by atoms with van der Waals surface area (Å²) < 4.78 is 6.48. The Bertz CT molecular complexity index is 662. The molecule has 2 aromatic carbocycles. The number of hydrogen-bond acceptors (Lipinski definition) is 3. The quantitative estimate of drug-likeness (QED) is 0.824. The van der Waals surface area contributed by atoms with E-state index in [1.54, 1.807) is 23.9 Å². The van der Waals surface area contributed by atoms with Crippen molar-refractivity contribution in [3.05, 3.63) is 58.1 Å². The van der Waals surface area contributed by atoms with Gasteiger partial charge < -0.3 is 9.84 Å². The van der Waals surface area contributed by atoms with Crippen molar-refractivity contribution >= 4 is 33.7 Å². The van der Waals surface area contributed by atoms with E-state index in [4.69, 9.17) is 9.84 Å². The van der Waals surface area contributed by atoms with Crippen LogP contribution in [0.2, 0.25) is 0 Å². The molecule has 1 aliphatic heterocycles. The minimum atomic E-state index is -0.922. The van der Waals surface area contributed by atoms with Gasteiger partial charge in [-0.3, -0.25) is 0 Å². The van der Waals surface area contributed by atoms with Crippen LogP contribution in [0.25, 0.3) is 0 Å². The maximum atomic E-state index is 11.1. The summed E-state index contributed by atoms with van der Waals surface area (Å²) in [5.41, 5.74) is 1.53. The summed E-state index contributed by atoms with van der Waals surface area (Å²) >= 11 is 4.87. The van der Waals surface area contributed by atoms with Crippen LogP contribution in [0.3, 0.4) is 0 Å². The molecule has 0 fully saturated rings. The molecule has 0 aromatic heterocycles. The fourth-order valence-electron chi connectivity index (χ4n) is 2.29. The Balaban J connectivity index is 1.64. The zero-order valence-electron chi connectivity index (χ0n) is 11.1. The number of halogens is 1. The third kappa shape index (κ3) is 3.24. The highest BCUT2D eigenvalue weighted by Crippen LogP contribution is 2.32. The molecule has 5 heteroatoms. The largest absolute Gasteiger partial charge is 0.489 e. The highest BCUT2D eigenvalue weighted by atomic mass is 79.9. The molecule has 0 saturated carbocycles. The Hall–Kier alpha value is -1.46. The minimum absolute atomic E-state index is 0.143. The van der Waals surface area contributed by atoms with E-state index < -0.39 is 5.97 Å². The average molecular weight is 365 g/mol. The maximum Gasteiger partial charge on any atom is 0.336 e. The van der Waals surface area contributed by atoms with E-state index in [2.05, 4.69) is 22.0 Å². The lowest BCUT2D eigenvalue weighted by atomic mass is 10.1. The highest BCUT2D eigenvalue weighted by Gasteiger charge is 2.22. The molecule has 1 unspecified atom stereocenters. The van der Waals surface area contributed by atoms with Crippen molar-refractivity contribution in [3.63, 3.8) is 0 Å². The first-order chi connectivity index (χ1) is 10.1. The molecular weight excluding hydrogens is 352 g/mol. The summed E-state index contributed by atoms with van der Waals surface area (Å²) in [4.78, 5) is 12.1. The summed E-state index contributed by atoms with van der Waals surface area (Å²) in [5.74, 6) is 0.842. The van der Waals surface area contributed by atoms with Crippen LogP contribution in [-0.2, 0) is 6.42 Å². The van der Waals surface area contributed by atoms with E-state index in [1.165, 1.54) is 5.56 Å². The standard InChI is InChI=1S/C16H13BrO3S/c17-14-6-5-12(8-13(14)16(18)19)21-9-11-7-10-3-1-2-4-15(10)20-11/h1-6,8,11H,7,9H2,(H,18,19). The Labute approximate surface area is 135 Å². The van der Waals surface area contributed by atoms with Gasteiger partial charge in [-0.05, 0) is 45.8 Å². The molecule has 0 spiro atoms. The number of thioether (sulfide) groups is 1. The topological polar surface area (TPSA) is 46.5 Å². The van der Waals surface area contributed by atoms with Crippen LogP contribution >= 0.6 is 27.7 Å². The number of carboxylic acid groups (broad SMARTS) is 1. The molecule has 0 radical (unpaired) electrons. The number of carbonyl (C=O) groups is 1. The molecule has 1 heterocycles. The second-order valence-electron chi connectivity index (χ2n) is 4.81. The molecule has 1 atom stereocenters. The predicted octanol–water partition coefficient (Wildman–Crippen LogP) is 4.24. The molecule has 0 aliphatic carbocycles. The second kappa shape index (κ2) is 6.12. The first-order valence-electron chi connectivity index (χ1n) is 6.53. The van der Waals surface area contributed by atoms with Crippen LogP contribution in [0.4, 0.5) is 0 Å². The Morgan fingerprint density at radius 1 is 1.33 bits per heavy atom. The van der Waals surface area contributed by atoms with E-state index in [0.717, 1.165) is 22.8 Å². The van der Waals surface area contributed by atoms with Crippen LogP contribution < -0.4 is 4.74 Å². The van der Waals surface area contributed by atoms with Crippen molar-refractivity contribution in [2.75, 3.05) is 5.75 Å². The van der Waals surface area contributed by atoms with Gasteiger partial charge in [0.2, 0.25) is 0 Å². The molecule has 0 saturated heterocycles. The van der Waals surface area contributed by atoms with Gasteiger partial charge in [0.25, 0.3) is 0 Å². The number of benzene rings is 2. The summed E-state index contributed by atoms with van der Waals surface area (Å²) in [7, 11) is 0. The van der Waals surface area contributed by atoms with Crippen LogP contribution in [-0.4, -0.2) is 22.9 Å². The van der Waals surface area contributed by atoms with Crippen LogP contribution in [0.1, 0.15) is 15.9 Å². The van der Waals surface area contributed by atoms with E-state index in [1.807, 2.05) is 24.3 Å². The van der Waals surface area contributed by atoms with Gasteiger partial charge in [-0.2, -0.15) is 0 Å². The Morgan fingerprint density at radius 3 is 2.90 bits per heavy atom. The number of carboxylic acids is 1. The molecule has 3 nitrogen and oxygen atoms in total. The van der Waals surface area contributed by atoms with E-state index >= 15 is 0 Å². The second-order valence-corrected chi connectivity index (χ2v) is 6.76. The normalized spacial score (nSPS) is 16.3. The maximum absolute atomic E-state index is 11.1. The van der Waals surface area contributed by atoms with Gasteiger partial charge in [0.05, 0.1) is 5.56 Å². The van der Waals surface area contributed by atoms with Gasteiger partial charge in [-0.25, -0.2) is 4.79 Å². The monoisotopic (exact) mass is 364 g/mol. The summed E-state index contributed by atoms with van der Waals surface area (Å²) in [5, 5.41) is 9.12. The molecule has 2 aromatic rings. The number of hydrogen-bond donors (Lipinski definition) is 1. The van der Waals surface area contributed by atoms with Crippen molar-refractivity contribution in [1.29, 1.82) is 0 Å². The van der Waals surface area contributed by atoms with Crippen molar-refractivity contribution in [1.82, 2.24) is 0 Å². The molecule has 0 bridgehead atoms. The summed E-state index contributed by atoms with van der Waals surface area (Å²) in [6.07, 6.45) is 1.05. The Kier molecular flexibility index (Phi) is 4.22. The molecule has 1 N–H and O–H groups in total. The number of ether oxygens (including phenoxy) is 1. The first kappa shape index (κ1) is 14.5. The summed E-state index contributed by atoms with van der Waals surface area (Å²) in [6, 6.07) is 13.5. The molecular formula is C16H13BrO3S. The van der Waals surface area contributed by atoms with Crippen molar-refractivity contribution < 1.29 is 14.6 Å². The van der Waals surface area contributed by atoms with Crippen molar-refractivity contribution in [3.8, 4) is 5.75 Å². The van der Waals surface area contributed by atoms with Gasteiger partial charge in [-0.15, -0.1) is 11.8 Å². The highest BCUT2D eigenvalue weighted by molar-refractivity contribution is 9.10. The predicted molar refractivity (Wildman–Crippen MR) is 86.4 cm³/mol. The molecule has 0 amide bonds. The zero-order chi connectivity index (χ0) is 14.8. The van der Waals surface area contributed by atoms with Crippen molar-refractivity contribution in [2.24, 2.45) is 0 Å². The molecule has 21 heavy (non-hydrogen) atoms. The lowest BCUT2D eigenvalue weighted by Crippen LogP contribution is -2.15. The van der Waals surface area contributed by atoms with Crippen molar-refractivity contribution in [2.45, 2.75) is 17.4 Å². The smallest absolute Gasteiger partial charge is 0.336 e. The Morgan fingerprint density at radius 2 is 2.14 bits per heavy atom. The van der Waals surface area contributed by atoms with Gasteiger partial charge in [-0.1, -0.05) is 18.2 Å². The van der Waals surface area contributed by atoms with Crippen LogP contribution in [0.15, 0.2) is 51.8 Å². The minimum Gasteiger partial charge on any atom is -0.489 e. The summed E-state index contributed by atoms with van der Waals surface area (Å²) in [6.45, 7) is 0. The van der Waals surface area contributed by atoms with E-state index in [0.29, 0.717) is 4.47 Å². The van der Waals surface area contributed by atoms with Gasteiger partial charge in [0, 0.05) is 21.5 Å². The lowest BCUT2D eigenvalue weighted by Gasteiger charge is -2.10. The van der Waals surface area contributed by atoms with Gasteiger partial charge in [0.1, 0.15) is 11.9 Å². The lowest BCUT2D eigenvalue weighted by molar-refractivity contribution is 0.0695. The number of aromatic carboxylic acids is 1. The fraction of sp³-hybridized carbons (Fsp3) is 0.188. The zero-order valence-corrected chi connectivity index (χ0v) is 13.5. The van der Waals surface area contributed by atoms with E-state index in [9.17, 15) is 4.79 Å². The average Bonchev–Trinajstić information content (AvgIpc) is 2.89. The fourth-order valence-corrected chi connectivity index (χ4v) is 3.64. The number of fused-ring (bicyclic) bond motifs is 1. The third-order valence-electron chi connectivity index (χ3n) is 3.32. The molecule has 1 aliphatic rings. The first-order valence-corrected chi connectivity index (χ1v) is 8.31. The van der Waals surface area contributed by atoms with Crippen LogP contribution in [0.5, 0.6) is 5.75 Å². The third-order valence-corrected chi connectivity index (χ3v) is 5.14. The SMILES string of the molecule is O=C(O)c1cc(SCC2Cc3ccccc3O2)ccc1Br. The number of rotatable bonds is 4. The van der Waals surface area contributed by atoms with Gasteiger partial charge >= 0.3 is 5.97 Å².